The fourth-order valence-corrected chi connectivity index (χ4v) is 2.01. The molecule has 0 amide bonds. The molecule has 1 rings (SSSR count). The highest BCUT2D eigenvalue weighted by atomic mass is 35.5. The predicted molar refractivity (Wildman–Crippen MR) is 46.6 cm³/mol. The van der Waals surface area contributed by atoms with Crippen molar-refractivity contribution in [2.45, 2.75) is 4.84 Å². The molecule has 56 valence electrons. The lowest BCUT2D eigenvalue weighted by molar-refractivity contribution is 1.25. The van der Waals surface area contributed by atoms with Crippen LogP contribution in [0.5, 0.6) is 0 Å². The van der Waals surface area contributed by atoms with E-state index in [-0.39, 0.29) is 0 Å². The van der Waals surface area contributed by atoms with Crippen molar-refractivity contribution in [1.82, 2.24) is 4.37 Å². The monoisotopic (exact) mass is 235 g/mol. The lowest BCUT2D eigenvalue weighted by Crippen LogP contribution is -1.79. The van der Waals surface area contributed by atoms with E-state index in [2.05, 4.69) is 4.37 Å². The lowest BCUT2D eigenvalue weighted by atomic mass is 10.5. The molecule has 0 bridgehead atoms. The summed E-state index contributed by atoms with van der Waals surface area (Å²) in [6.45, 7) is 0. The molecule has 1 heterocycles. The summed E-state index contributed by atoms with van der Waals surface area (Å²) in [5, 5.41) is 0.349. The highest BCUT2D eigenvalue weighted by Gasteiger charge is 2.15. The molecule has 0 N–H and O–H groups in total. The van der Waals surface area contributed by atoms with Crippen LogP contribution in [-0.2, 0) is 0 Å². The second-order valence-electron chi connectivity index (χ2n) is 1.46. The predicted octanol–water partition coefficient (Wildman–Crippen LogP) is 3.93. The Labute approximate surface area is 82.0 Å². The SMILES string of the molecule is Clc1snc(C(Cl)Cl)c1Cl. The minimum absolute atomic E-state index is 0.349. The molecule has 0 aliphatic carbocycles. The topological polar surface area (TPSA) is 12.9 Å². The number of rotatable bonds is 1. The van der Waals surface area contributed by atoms with Gasteiger partial charge in [0.1, 0.15) is 10.0 Å². The molecule has 0 fully saturated rings. The van der Waals surface area contributed by atoms with Crippen molar-refractivity contribution in [2.75, 3.05) is 0 Å². The Morgan fingerprint density at radius 2 is 1.90 bits per heavy atom. The van der Waals surface area contributed by atoms with Crippen molar-refractivity contribution < 1.29 is 0 Å². The molecule has 0 radical (unpaired) electrons. The van der Waals surface area contributed by atoms with Crippen LogP contribution in [0, 0.1) is 0 Å². The first kappa shape index (κ1) is 8.88. The van der Waals surface area contributed by atoms with E-state index in [4.69, 9.17) is 46.4 Å². The number of nitrogens with zero attached hydrogens (tertiary/aromatic N) is 1. The first-order valence-electron chi connectivity index (χ1n) is 2.21. The van der Waals surface area contributed by atoms with Crippen LogP contribution in [0.25, 0.3) is 0 Å². The number of hydrogen-bond donors (Lipinski definition) is 0. The third kappa shape index (κ3) is 1.69. The minimum atomic E-state index is -0.698. The van der Waals surface area contributed by atoms with Gasteiger partial charge < -0.3 is 0 Å². The molecule has 0 aliphatic heterocycles. The smallest absolute Gasteiger partial charge is 0.152 e. The third-order valence-corrected chi connectivity index (χ3v) is 2.88. The fourth-order valence-electron chi connectivity index (χ4n) is 0.406. The number of aromatic nitrogens is 1. The molecule has 0 spiro atoms. The average Bonchev–Trinajstić information content (AvgIpc) is 2.14. The van der Waals surface area contributed by atoms with E-state index in [1.807, 2.05) is 0 Å². The summed E-state index contributed by atoms with van der Waals surface area (Å²) in [4.78, 5) is -0.698. The quantitative estimate of drug-likeness (QED) is 0.674. The van der Waals surface area contributed by atoms with Gasteiger partial charge in [-0.05, 0) is 11.5 Å². The summed E-state index contributed by atoms with van der Waals surface area (Å²) in [7, 11) is 0. The Kier molecular flexibility index (Phi) is 3.07. The Balaban J connectivity index is 3.05. The molecule has 1 nitrogen and oxygen atoms in total. The highest BCUT2D eigenvalue weighted by Crippen LogP contribution is 2.36. The Morgan fingerprint density at radius 3 is 2.10 bits per heavy atom. The lowest BCUT2D eigenvalue weighted by Gasteiger charge is -1.93. The van der Waals surface area contributed by atoms with Gasteiger partial charge in [-0.3, -0.25) is 0 Å². The minimum Gasteiger partial charge on any atom is -0.192 e. The standard InChI is InChI=1S/C4HCl4NS/c5-1-2(3(6)7)9-10-4(1)8/h3H. The van der Waals surface area contributed by atoms with E-state index in [1.165, 1.54) is 0 Å². The average molecular weight is 237 g/mol. The molecule has 1 aromatic rings. The maximum Gasteiger partial charge on any atom is 0.152 e. The zero-order valence-corrected chi connectivity index (χ0v) is 8.28. The van der Waals surface area contributed by atoms with E-state index >= 15 is 0 Å². The summed E-state index contributed by atoms with van der Waals surface area (Å²) in [6, 6.07) is 0. The van der Waals surface area contributed by atoms with Crippen molar-refractivity contribution >= 4 is 57.9 Å². The summed E-state index contributed by atoms with van der Waals surface area (Å²) < 4.78 is 4.25. The molecule has 0 aliphatic rings. The van der Waals surface area contributed by atoms with Gasteiger partial charge in [-0.1, -0.05) is 46.4 Å². The van der Waals surface area contributed by atoms with Gasteiger partial charge in [0, 0.05) is 0 Å². The molecule has 0 unspecified atom stereocenters. The van der Waals surface area contributed by atoms with Crippen LogP contribution < -0.4 is 0 Å². The van der Waals surface area contributed by atoms with Gasteiger partial charge in [-0.15, -0.1) is 0 Å². The summed E-state index contributed by atoms with van der Waals surface area (Å²) >= 11 is 23.3. The van der Waals surface area contributed by atoms with E-state index < -0.39 is 4.84 Å². The van der Waals surface area contributed by atoms with E-state index in [0.29, 0.717) is 15.1 Å². The van der Waals surface area contributed by atoms with Crippen molar-refractivity contribution in [1.29, 1.82) is 0 Å². The number of halogens is 4. The molecule has 0 saturated carbocycles. The van der Waals surface area contributed by atoms with Crippen LogP contribution in [0.4, 0.5) is 0 Å². The van der Waals surface area contributed by atoms with Crippen LogP contribution in [0.3, 0.4) is 0 Å². The zero-order chi connectivity index (χ0) is 7.72. The maximum atomic E-state index is 5.65. The van der Waals surface area contributed by atoms with Gasteiger partial charge in [0.15, 0.2) is 4.84 Å². The molecule has 1 aromatic heterocycles. The summed E-state index contributed by atoms with van der Waals surface area (Å²) in [6.07, 6.45) is 0. The zero-order valence-electron chi connectivity index (χ0n) is 4.44. The van der Waals surface area contributed by atoms with Crippen molar-refractivity contribution in [3.8, 4) is 0 Å². The number of hydrogen-bond acceptors (Lipinski definition) is 2. The van der Waals surface area contributed by atoms with Gasteiger partial charge in [-0.25, -0.2) is 0 Å². The van der Waals surface area contributed by atoms with Crippen LogP contribution in [0.1, 0.15) is 10.5 Å². The highest BCUT2D eigenvalue weighted by molar-refractivity contribution is 7.11. The molecular weight excluding hydrogens is 236 g/mol. The Morgan fingerprint density at radius 1 is 1.30 bits per heavy atom. The Hall–Kier alpha value is 0.790. The number of alkyl halides is 2. The van der Waals surface area contributed by atoms with Gasteiger partial charge in [0.25, 0.3) is 0 Å². The van der Waals surface area contributed by atoms with Crippen molar-refractivity contribution in [2.24, 2.45) is 0 Å². The molecule has 10 heavy (non-hydrogen) atoms. The molecule has 0 atom stereocenters. The fraction of sp³-hybridized carbons (Fsp3) is 0.250. The first-order chi connectivity index (χ1) is 4.63. The largest absolute Gasteiger partial charge is 0.192 e. The first-order valence-corrected chi connectivity index (χ1v) is 4.62. The normalized spacial score (nSPS) is 10.9. The second-order valence-corrected chi connectivity index (χ2v) is 4.31. The van der Waals surface area contributed by atoms with Gasteiger partial charge >= 0.3 is 0 Å². The molecule has 0 saturated heterocycles. The van der Waals surface area contributed by atoms with Crippen molar-refractivity contribution in [3.63, 3.8) is 0 Å². The summed E-state index contributed by atoms with van der Waals surface area (Å²) in [5.74, 6) is 0. The van der Waals surface area contributed by atoms with Crippen LogP contribution >= 0.6 is 57.9 Å². The van der Waals surface area contributed by atoms with E-state index in [1.54, 1.807) is 0 Å². The molecule has 0 aromatic carbocycles. The van der Waals surface area contributed by atoms with Gasteiger partial charge in [0.2, 0.25) is 0 Å². The third-order valence-electron chi connectivity index (χ3n) is 0.828. The maximum absolute atomic E-state index is 5.65. The van der Waals surface area contributed by atoms with Crippen LogP contribution in [-0.4, -0.2) is 4.37 Å². The Bertz CT molecular complexity index is 233. The van der Waals surface area contributed by atoms with Crippen molar-refractivity contribution in [3.05, 3.63) is 15.1 Å². The van der Waals surface area contributed by atoms with Gasteiger partial charge in [-0.2, -0.15) is 4.37 Å². The summed E-state index contributed by atoms with van der Waals surface area (Å²) in [5.41, 5.74) is 0.431. The van der Waals surface area contributed by atoms with Gasteiger partial charge in [0.05, 0.1) is 5.02 Å². The van der Waals surface area contributed by atoms with Crippen LogP contribution in [0.15, 0.2) is 0 Å². The van der Waals surface area contributed by atoms with E-state index in [9.17, 15) is 0 Å². The van der Waals surface area contributed by atoms with Crippen LogP contribution in [0.2, 0.25) is 9.36 Å². The van der Waals surface area contributed by atoms with E-state index in [0.717, 1.165) is 11.5 Å². The second kappa shape index (κ2) is 3.46. The molecule has 6 heteroatoms. The molecular formula is C4HCl4NS.